The lowest BCUT2D eigenvalue weighted by atomic mass is 10.1. The van der Waals surface area contributed by atoms with Crippen LogP contribution in [-0.4, -0.2) is 44.3 Å². The molecule has 0 bridgehead atoms. The molecule has 0 radical (unpaired) electrons. The Hall–Kier alpha value is -1.15. The third kappa shape index (κ3) is 4.97. The average molecular weight is 402 g/mol. The molecule has 1 atom stereocenters. The molecule has 1 amide bonds. The van der Waals surface area contributed by atoms with Gasteiger partial charge in [0, 0.05) is 31.2 Å². The maximum Gasteiger partial charge on any atom is 0.243 e. The highest BCUT2D eigenvalue weighted by Crippen LogP contribution is 2.26. The van der Waals surface area contributed by atoms with Crippen LogP contribution in [0.3, 0.4) is 0 Å². The van der Waals surface area contributed by atoms with Crippen LogP contribution in [0.1, 0.15) is 44.1 Å². The van der Waals surface area contributed by atoms with E-state index < -0.39 is 10.0 Å². The predicted octanol–water partition coefficient (Wildman–Crippen LogP) is 2.67. The summed E-state index contributed by atoms with van der Waals surface area (Å²) in [5.41, 5.74) is 1.25. The summed E-state index contributed by atoms with van der Waals surface area (Å²) in [5, 5.41) is 6.15. The van der Waals surface area contributed by atoms with Crippen LogP contribution in [0.2, 0.25) is 0 Å². The maximum absolute atomic E-state index is 12.9. The second-order valence-electron chi connectivity index (χ2n) is 6.99. The van der Waals surface area contributed by atoms with E-state index in [1.807, 2.05) is 0 Å². The SMILES string of the molecule is Cc1ccc(NC(=O)CC2CCCN2)cc1S(=O)(=O)N1CCCCC1.Cl. The van der Waals surface area contributed by atoms with Gasteiger partial charge in [0.05, 0.1) is 4.90 Å². The molecule has 2 aliphatic rings. The van der Waals surface area contributed by atoms with Crippen molar-refractivity contribution in [2.24, 2.45) is 0 Å². The van der Waals surface area contributed by atoms with Gasteiger partial charge in [0.1, 0.15) is 0 Å². The number of amides is 1. The molecule has 6 nitrogen and oxygen atoms in total. The Morgan fingerprint density at radius 3 is 2.62 bits per heavy atom. The molecule has 1 unspecified atom stereocenters. The molecule has 1 aromatic carbocycles. The highest BCUT2D eigenvalue weighted by molar-refractivity contribution is 7.89. The van der Waals surface area contributed by atoms with Crippen molar-refractivity contribution >= 4 is 34.0 Å². The average Bonchev–Trinajstić information content (AvgIpc) is 3.10. The van der Waals surface area contributed by atoms with Gasteiger partial charge in [-0.1, -0.05) is 12.5 Å². The maximum atomic E-state index is 12.9. The third-order valence-electron chi connectivity index (χ3n) is 5.00. The van der Waals surface area contributed by atoms with Gasteiger partial charge in [-0.25, -0.2) is 8.42 Å². The fourth-order valence-corrected chi connectivity index (χ4v) is 5.33. The highest BCUT2D eigenvalue weighted by atomic mass is 35.5. The van der Waals surface area contributed by atoms with E-state index in [-0.39, 0.29) is 24.4 Å². The number of hydrogen-bond acceptors (Lipinski definition) is 4. The summed E-state index contributed by atoms with van der Waals surface area (Å²) in [7, 11) is -3.50. The first-order chi connectivity index (χ1) is 12.0. The van der Waals surface area contributed by atoms with Crippen LogP contribution >= 0.6 is 12.4 Å². The summed E-state index contributed by atoms with van der Waals surface area (Å²) < 4.78 is 27.4. The van der Waals surface area contributed by atoms with Crippen molar-refractivity contribution in [3.8, 4) is 0 Å². The van der Waals surface area contributed by atoms with Crippen LogP contribution < -0.4 is 10.6 Å². The molecule has 2 fully saturated rings. The number of sulfonamides is 1. The van der Waals surface area contributed by atoms with E-state index in [0.717, 1.165) is 38.6 Å². The van der Waals surface area contributed by atoms with Crippen molar-refractivity contribution in [1.82, 2.24) is 9.62 Å². The lowest BCUT2D eigenvalue weighted by Crippen LogP contribution is -2.36. The van der Waals surface area contributed by atoms with Gasteiger partial charge in [0.2, 0.25) is 15.9 Å². The van der Waals surface area contributed by atoms with E-state index in [1.165, 1.54) is 0 Å². The van der Waals surface area contributed by atoms with Gasteiger partial charge in [-0.05, 0) is 56.8 Å². The van der Waals surface area contributed by atoms with Crippen LogP contribution in [0.15, 0.2) is 23.1 Å². The Bertz CT molecular complexity index is 727. The summed E-state index contributed by atoms with van der Waals surface area (Å²) in [6.07, 6.45) is 5.42. The number of aryl methyl sites for hydroxylation is 1. The monoisotopic (exact) mass is 401 g/mol. The summed E-state index contributed by atoms with van der Waals surface area (Å²) in [6, 6.07) is 5.35. The number of nitrogens with zero attached hydrogens (tertiary/aromatic N) is 1. The van der Waals surface area contributed by atoms with Crippen molar-refractivity contribution in [3.05, 3.63) is 23.8 Å². The molecule has 2 saturated heterocycles. The summed E-state index contributed by atoms with van der Waals surface area (Å²) >= 11 is 0. The van der Waals surface area contributed by atoms with Crippen molar-refractivity contribution < 1.29 is 13.2 Å². The quantitative estimate of drug-likeness (QED) is 0.795. The van der Waals surface area contributed by atoms with Crippen molar-refractivity contribution in [2.45, 2.75) is 56.4 Å². The van der Waals surface area contributed by atoms with E-state index in [4.69, 9.17) is 0 Å². The number of benzene rings is 1. The normalized spacial score (nSPS) is 21.2. The molecule has 26 heavy (non-hydrogen) atoms. The van der Waals surface area contributed by atoms with E-state index in [2.05, 4.69) is 10.6 Å². The lowest BCUT2D eigenvalue weighted by molar-refractivity contribution is -0.116. The van der Waals surface area contributed by atoms with Gasteiger partial charge < -0.3 is 10.6 Å². The second-order valence-corrected chi connectivity index (χ2v) is 8.90. The van der Waals surface area contributed by atoms with Gasteiger partial charge in [-0.2, -0.15) is 4.31 Å². The fraction of sp³-hybridized carbons (Fsp3) is 0.611. The fourth-order valence-electron chi connectivity index (χ4n) is 3.57. The standard InChI is InChI=1S/C18H27N3O3S.ClH/c1-14-7-8-16(20-18(22)13-15-6-5-9-19-15)12-17(14)25(23,24)21-10-3-2-4-11-21;/h7-8,12,15,19H,2-6,9-11,13H2,1H3,(H,20,22);1H. The molecule has 0 spiro atoms. The summed E-state index contributed by atoms with van der Waals surface area (Å²) in [6.45, 7) is 3.91. The molecular weight excluding hydrogens is 374 g/mol. The zero-order valence-corrected chi connectivity index (χ0v) is 16.8. The Morgan fingerprint density at radius 1 is 1.23 bits per heavy atom. The van der Waals surface area contributed by atoms with Crippen LogP contribution in [-0.2, 0) is 14.8 Å². The first-order valence-electron chi connectivity index (χ1n) is 9.11. The third-order valence-corrected chi connectivity index (χ3v) is 7.04. The molecule has 2 N–H and O–H groups in total. The second kappa shape index (κ2) is 9.17. The number of piperidine rings is 1. The van der Waals surface area contributed by atoms with E-state index >= 15 is 0 Å². The van der Waals surface area contributed by atoms with Crippen LogP contribution in [0.5, 0.6) is 0 Å². The molecule has 2 heterocycles. The topological polar surface area (TPSA) is 78.5 Å². The Kier molecular flexibility index (Phi) is 7.46. The van der Waals surface area contributed by atoms with Crippen molar-refractivity contribution in [1.29, 1.82) is 0 Å². The number of carbonyl (C=O) groups is 1. The number of carbonyl (C=O) groups excluding carboxylic acids is 1. The first kappa shape index (κ1) is 21.2. The van der Waals surface area contributed by atoms with Crippen molar-refractivity contribution in [2.75, 3.05) is 25.0 Å². The highest BCUT2D eigenvalue weighted by Gasteiger charge is 2.27. The Morgan fingerprint density at radius 2 is 1.96 bits per heavy atom. The van der Waals surface area contributed by atoms with Crippen LogP contribution in [0, 0.1) is 6.92 Å². The Labute approximate surface area is 162 Å². The van der Waals surface area contributed by atoms with E-state index in [0.29, 0.717) is 35.7 Å². The molecule has 0 saturated carbocycles. The molecule has 0 aromatic heterocycles. The molecule has 1 aromatic rings. The smallest absolute Gasteiger partial charge is 0.243 e. The summed E-state index contributed by atoms with van der Waals surface area (Å²) in [4.78, 5) is 12.5. The molecule has 8 heteroatoms. The molecule has 3 rings (SSSR count). The van der Waals surface area contributed by atoms with Crippen LogP contribution in [0.4, 0.5) is 5.69 Å². The molecule has 146 valence electrons. The minimum absolute atomic E-state index is 0. The largest absolute Gasteiger partial charge is 0.326 e. The van der Waals surface area contributed by atoms with Gasteiger partial charge in [-0.3, -0.25) is 4.79 Å². The van der Waals surface area contributed by atoms with Crippen LogP contribution in [0.25, 0.3) is 0 Å². The van der Waals surface area contributed by atoms with Crippen molar-refractivity contribution in [3.63, 3.8) is 0 Å². The lowest BCUT2D eigenvalue weighted by Gasteiger charge is -2.26. The number of hydrogen-bond donors (Lipinski definition) is 2. The van der Waals surface area contributed by atoms with Gasteiger partial charge >= 0.3 is 0 Å². The minimum Gasteiger partial charge on any atom is -0.326 e. The zero-order chi connectivity index (χ0) is 17.9. The predicted molar refractivity (Wildman–Crippen MR) is 105 cm³/mol. The summed E-state index contributed by atoms with van der Waals surface area (Å²) in [5.74, 6) is -0.0791. The number of anilines is 1. The van der Waals surface area contributed by atoms with Gasteiger partial charge in [0.15, 0.2) is 0 Å². The molecule has 0 aliphatic carbocycles. The molecule has 2 aliphatic heterocycles. The number of nitrogens with one attached hydrogen (secondary N) is 2. The minimum atomic E-state index is -3.50. The van der Waals surface area contributed by atoms with E-state index in [9.17, 15) is 13.2 Å². The number of halogens is 1. The van der Waals surface area contributed by atoms with Gasteiger partial charge in [0.25, 0.3) is 0 Å². The van der Waals surface area contributed by atoms with E-state index in [1.54, 1.807) is 29.4 Å². The van der Waals surface area contributed by atoms with Gasteiger partial charge in [-0.15, -0.1) is 12.4 Å². The zero-order valence-electron chi connectivity index (χ0n) is 15.2. The Balaban J connectivity index is 0.00000243. The molecular formula is C18H28ClN3O3S. The number of rotatable bonds is 5. The first-order valence-corrected chi connectivity index (χ1v) is 10.5.